The summed E-state index contributed by atoms with van der Waals surface area (Å²) in [6.07, 6.45) is 1.44. The Morgan fingerprint density at radius 2 is 2.05 bits per heavy atom. The molecule has 0 saturated carbocycles. The van der Waals surface area contributed by atoms with Crippen molar-refractivity contribution in [1.29, 1.82) is 0 Å². The number of rotatable bonds is 4. The van der Waals surface area contributed by atoms with E-state index in [0.29, 0.717) is 12.4 Å². The highest BCUT2D eigenvalue weighted by Gasteiger charge is 2.12. The fourth-order valence-corrected chi connectivity index (χ4v) is 1.70. The molecule has 0 bridgehead atoms. The third-order valence-electron chi connectivity index (χ3n) is 2.75. The van der Waals surface area contributed by atoms with Gasteiger partial charge in [-0.3, -0.25) is 4.79 Å². The van der Waals surface area contributed by atoms with Crippen molar-refractivity contribution in [2.75, 3.05) is 19.4 Å². The zero-order valence-electron chi connectivity index (χ0n) is 11.4. The molecule has 2 rings (SSSR count). The Morgan fingerprint density at radius 1 is 1.35 bits per heavy atom. The summed E-state index contributed by atoms with van der Waals surface area (Å²) < 4.78 is 5.09. The van der Waals surface area contributed by atoms with E-state index >= 15 is 0 Å². The van der Waals surface area contributed by atoms with Crippen LogP contribution in [0.4, 0.5) is 5.82 Å². The van der Waals surface area contributed by atoms with Gasteiger partial charge in [0.05, 0.1) is 12.7 Å². The molecule has 6 heteroatoms. The van der Waals surface area contributed by atoms with Crippen molar-refractivity contribution < 1.29 is 9.53 Å². The Kier molecular flexibility index (Phi) is 4.14. The van der Waals surface area contributed by atoms with E-state index in [1.54, 1.807) is 7.11 Å². The first kappa shape index (κ1) is 13.8. The predicted octanol–water partition coefficient (Wildman–Crippen LogP) is 1.48. The minimum Gasteiger partial charge on any atom is -0.497 e. The minimum absolute atomic E-state index is 0.164. The lowest BCUT2D eigenvalue weighted by Crippen LogP contribution is -2.24. The Morgan fingerprint density at radius 3 is 2.60 bits per heavy atom. The van der Waals surface area contributed by atoms with Gasteiger partial charge in [0.25, 0.3) is 5.91 Å². The fourth-order valence-electron chi connectivity index (χ4n) is 1.70. The van der Waals surface area contributed by atoms with E-state index in [0.717, 1.165) is 11.3 Å². The molecule has 1 amide bonds. The number of carbonyl (C=O) groups is 1. The molecule has 1 aromatic heterocycles. The summed E-state index contributed by atoms with van der Waals surface area (Å²) in [6.45, 7) is 2.36. The standard InChI is InChI=1S/C14H16N4O2/c1-3-16-14(19)11-8-17-13(18-12(11)15)9-4-6-10(20-2)7-5-9/h4-8H,3H2,1-2H3,(H,16,19)(H2,15,17,18). The van der Waals surface area contributed by atoms with E-state index in [9.17, 15) is 4.79 Å². The number of hydrogen-bond acceptors (Lipinski definition) is 5. The van der Waals surface area contributed by atoms with Crippen molar-refractivity contribution in [2.45, 2.75) is 6.92 Å². The van der Waals surface area contributed by atoms with Crippen molar-refractivity contribution in [3.63, 3.8) is 0 Å². The largest absolute Gasteiger partial charge is 0.497 e. The molecule has 0 fully saturated rings. The molecule has 0 spiro atoms. The van der Waals surface area contributed by atoms with Crippen LogP contribution in [0.3, 0.4) is 0 Å². The summed E-state index contributed by atoms with van der Waals surface area (Å²) in [5.41, 5.74) is 6.90. The first-order valence-electron chi connectivity index (χ1n) is 6.20. The van der Waals surface area contributed by atoms with Gasteiger partial charge in [0, 0.05) is 18.3 Å². The van der Waals surface area contributed by atoms with E-state index in [2.05, 4.69) is 15.3 Å². The summed E-state index contributed by atoms with van der Waals surface area (Å²) in [5.74, 6) is 1.11. The number of carbonyl (C=O) groups excluding carboxylic acids is 1. The first-order chi connectivity index (χ1) is 9.65. The van der Waals surface area contributed by atoms with Crippen molar-refractivity contribution in [3.05, 3.63) is 36.0 Å². The topological polar surface area (TPSA) is 90.1 Å². The van der Waals surface area contributed by atoms with Gasteiger partial charge in [-0.1, -0.05) is 0 Å². The second-order valence-corrected chi connectivity index (χ2v) is 4.08. The van der Waals surface area contributed by atoms with Gasteiger partial charge in [0.1, 0.15) is 11.6 Å². The molecule has 0 unspecified atom stereocenters. The van der Waals surface area contributed by atoms with Crippen molar-refractivity contribution in [3.8, 4) is 17.1 Å². The van der Waals surface area contributed by atoms with Crippen molar-refractivity contribution >= 4 is 11.7 Å². The molecule has 20 heavy (non-hydrogen) atoms. The third kappa shape index (κ3) is 2.85. The smallest absolute Gasteiger partial charge is 0.256 e. The van der Waals surface area contributed by atoms with Crippen LogP contribution >= 0.6 is 0 Å². The number of anilines is 1. The number of aromatic nitrogens is 2. The number of methoxy groups -OCH3 is 1. The highest BCUT2D eigenvalue weighted by molar-refractivity contribution is 5.98. The van der Waals surface area contributed by atoms with Gasteiger partial charge < -0.3 is 15.8 Å². The summed E-state index contributed by atoms with van der Waals surface area (Å²) in [5, 5.41) is 2.66. The van der Waals surface area contributed by atoms with Crippen LogP contribution in [-0.4, -0.2) is 29.5 Å². The second kappa shape index (κ2) is 6.01. The van der Waals surface area contributed by atoms with Gasteiger partial charge in [-0.25, -0.2) is 9.97 Å². The Balaban J connectivity index is 2.30. The average Bonchev–Trinajstić information content (AvgIpc) is 2.47. The van der Waals surface area contributed by atoms with Crippen LogP contribution in [0.2, 0.25) is 0 Å². The lowest BCUT2D eigenvalue weighted by Gasteiger charge is -2.07. The van der Waals surface area contributed by atoms with E-state index in [1.165, 1.54) is 6.20 Å². The zero-order valence-corrected chi connectivity index (χ0v) is 11.4. The molecule has 0 saturated heterocycles. The molecule has 0 aliphatic rings. The predicted molar refractivity (Wildman–Crippen MR) is 76.4 cm³/mol. The monoisotopic (exact) mass is 272 g/mol. The lowest BCUT2D eigenvalue weighted by molar-refractivity contribution is 0.0956. The Bertz CT molecular complexity index is 611. The molecule has 0 atom stereocenters. The molecular weight excluding hydrogens is 256 g/mol. The van der Waals surface area contributed by atoms with Crippen LogP contribution in [0.1, 0.15) is 17.3 Å². The number of nitrogens with zero attached hydrogens (tertiary/aromatic N) is 2. The maximum Gasteiger partial charge on any atom is 0.256 e. The lowest BCUT2D eigenvalue weighted by atomic mass is 10.2. The molecule has 104 valence electrons. The van der Waals surface area contributed by atoms with Gasteiger partial charge >= 0.3 is 0 Å². The van der Waals surface area contributed by atoms with Crippen LogP contribution in [0.25, 0.3) is 11.4 Å². The Labute approximate surface area is 117 Å². The maximum absolute atomic E-state index is 11.7. The Hall–Kier alpha value is -2.63. The summed E-state index contributed by atoms with van der Waals surface area (Å²) in [7, 11) is 1.60. The molecule has 1 aromatic carbocycles. The molecule has 2 aromatic rings. The summed E-state index contributed by atoms with van der Waals surface area (Å²) in [6, 6.07) is 7.29. The maximum atomic E-state index is 11.7. The quantitative estimate of drug-likeness (QED) is 0.880. The van der Waals surface area contributed by atoms with Crippen LogP contribution in [0.15, 0.2) is 30.5 Å². The second-order valence-electron chi connectivity index (χ2n) is 4.08. The number of nitrogens with one attached hydrogen (secondary N) is 1. The van der Waals surface area contributed by atoms with E-state index in [4.69, 9.17) is 10.5 Å². The normalized spacial score (nSPS) is 10.1. The number of amides is 1. The molecular formula is C14H16N4O2. The number of hydrogen-bond donors (Lipinski definition) is 2. The third-order valence-corrected chi connectivity index (χ3v) is 2.75. The highest BCUT2D eigenvalue weighted by atomic mass is 16.5. The molecule has 0 aliphatic heterocycles. The fraction of sp³-hybridized carbons (Fsp3) is 0.214. The number of nitrogen functional groups attached to an aromatic ring is 1. The minimum atomic E-state index is -0.272. The van der Waals surface area contributed by atoms with Gasteiger partial charge in [-0.05, 0) is 31.2 Å². The van der Waals surface area contributed by atoms with Crippen LogP contribution in [-0.2, 0) is 0 Å². The molecule has 0 aliphatic carbocycles. The van der Waals surface area contributed by atoms with Crippen LogP contribution in [0, 0.1) is 0 Å². The van der Waals surface area contributed by atoms with Crippen LogP contribution in [0.5, 0.6) is 5.75 Å². The van der Waals surface area contributed by atoms with Gasteiger partial charge in [0.2, 0.25) is 0 Å². The van der Waals surface area contributed by atoms with Gasteiger partial charge in [-0.2, -0.15) is 0 Å². The molecule has 1 heterocycles. The van der Waals surface area contributed by atoms with Crippen molar-refractivity contribution in [1.82, 2.24) is 15.3 Å². The molecule has 3 N–H and O–H groups in total. The van der Waals surface area contributed by atoms with Crippen LogP contribution < -0.4 is 15.8 Å². The molecule has 6 nitrogen and oxygen atoms in total. The van der Waals surface area contributed by atoms with Crippen molar-refractivity contribution in [2.24, 2.45) is 0 Å². The van der Waals surface area contributed by atoms with E-state index < -0.39 is 0 Å². The highest BCUT2D eigenvalue weighted by Crippen LogP contribution is 2.20. The van der Waals surface area contributed by atoms with Gasteiger partial charge in [-0.15, -0.1) is 0 Å². The zero-order chi connectivity index (χ0) is 14.5. The van der Waals surface area contributed by atoms with E-state index in [1.807, 2.05) is 31.2 Å². The number of nitrogens with two attached hydrogens (primary N) is 1. The van der Waals surface area contributed by atoms with Gasteiger partial charge in [0.15, 0.2) is 5.82 Å². The summed E-state index contributed by atoms with van der Waals surface area (Å²) in [4.78, 5) is 20.1. The SMILES string of the molecule is CCNC(=O)c1cnc(-c2ccc(OC)cc2)nc1N. The number of ether oxygens (including phenoxy) is 1. The first-order valence-corrected chi connectivity index (χ1v) is 6.20. The molecule has 0 radical (unpaired) electrons. The number of benzene rings is 1. The van der Waals surface area contributed by atoms with E-state index in [-0.39, 0.29) is 17.3 Å². The summed E-state index contributed by atoms with van der Waals surface area (Å²) >= 11 is 0. The average molecular weight is 272 g/mol.